The number of methoxy groups -OCH3 is 1. The summed E-state index contributed by atoms with van der Waals surface area (Å²) in [4.78, 5) is 24.9. The summed E-state index contributed by atoms with van der Waals surface area (Å²) in [6, 6.07) is 6.90. The van der Waals surface area contributed by atoms with Crippen LogP contribution in [0.3, 0.4) is 0 Å². The van der Waals surface area contributed by atoms with Crippen LogP contribution in [0.25, 0.3) is 0 Å². The van der Waals surface area contributed by atoms with Crippen LogP contribution in [0.15, 0.2) is 73.4 Å². The molecule has 0 saturated carbocycles. The van der Waals surface area contributed by atoms with Crippen LogP contribution in [0.1, 0.15) is 61.3 Å². The number of hydrogen-bond acceptors (Lipinski definition) is 9. The fourth-order valence-corrected chi connectivity index (χ4v) is 6.13. The third-order valence-corrected chi connectivity index (χ3v) is 9.70. The van der Waals surface area contributed by atoms with Crippen LogP contribution in [-0.2, 0) is 14.3 Å². The third kappa shape index (κ3) is 12.8. The van der Waals surface area contributed by atoms with Gasteiger partial charge in [0.05, 0.1) is 37.4 Å². The second-order valence-electron chi connectivity index (χ2n) is 13.7. The van der Waals surface area contributed by atoms with E-state index in [0.29, 0.717) is 17.9 Å². The number of anilines is 1. The number of allylic oxidation sites excluding steroid dienone is 3. The standard InChI is InChI=1S/C39H59NO9/c1-10-11-13-26(5)37(49-39(46)40-30-17-20-32(47-9)21-18-30)28(7)35(43)24(3)15-12-14-23(2)34(42)25(4)16-19-31(41)22-33-27(6)36(44)29(8)38(45)48-33/h10-14,16-21,23-29,31,33-37,41-44H,1,15,22H2,2-9H3,(H,40,46)/b13-11-,14-12-,19-16-/t23-,24-,25-,26-,27-,28-,29+,31+,33-,34-,35+,36-,37-/m0/s1. The topological polar surface area (TPSA) is 155 Å². The molecule has 1 saturated heterocycles. The Kier molecular flexibility index (Phi) is 17.3. The van der Waals surface area contributed by atoms with Crippen molar-refractivity contribution < 1.29 is 44.2 Å². The first kappa shape index (κ1) is 41.7. The summed E-state index contributed by atoms with van der Waals surface area (Å²) in [5.41, 5.74) is 0.555. The molecule has 1 aromatic carbocycles. The van der Waals surface area contributed by atoms with E-state index in [2.05, 4.69) is 11.9 Å². The van der Waals surface area contributed by atoms with Crippen LogP contribution < -0.4 is 10.1 Å². The van der Waals surface area contributed by atoms with Crippen LogP contribution >= 0.6 is 0 Å². The molecule has 274 valence electrons. The molecular weight excluding hydrogens is 626 g/mol. The summed E-state index contributed by atoms with van der Waals surface area (Å²) >= 11 is 0. The van der Waals surface area contributed by atoms with Gasteiger partial charge in [-0.15, -0.1) is 0 Å². The molecule has 1 fully saturated rings. The Hall–Kier alpha value is -3.44. The second-order valence-corrected chi connectivity index (χ2v) is 13.7. The van der Waals surface area contributed by atoms with Gasteiger partial charge in [0.25, 0.3) is 0 Å². The highest BCUT2D eigenvalue weighted by molar-refractivity contribution is 5.84. The number of amides is 1. The van der Waals surface area contributed by atoms with E-state index >= 15 is 0 Å². The minimum Gasteiger partial charge on any atom is -0.497 e. The quantitative estimate of drug-likeness (QED) is 0.0704. The fourth-order valence-electron chi connectivity index (χ4n) is 6.13. The summed E-state index contributed by atoms with van der Waals surface area (Å²) in [5, 5.41) is 45.8. The number of aliphatic hydroxyl groups excluding tert-OH is 4. The number of ether oxygens (including phenoxy) is 3. The molecule has 1 amide bonds. The predicted molar refractivity (Wildman–Crippen MR) is 192 cm³/mol. The van der Waals surface area contributed by atoms with Crippen LogP contribution in [0.5, 0.6) is 5.75 Å². The van der Waals surface area contributed by atoms with Crippen molar-refractivity contribution in [3.05, 3.63) is 73.4 Å². The molecule has 10 heteroatoms. The molecule has 0 bridgehead atoms. The Morgan fingerprint density at radius 3 is 2.20 bits per heavy atom. The van der Waals surface area contributed by atoms with Crippen LogP contribution in [0.2, 0.25) is 0 Å². The summed E-state index contributed by atoms with van der Waals surface area (Å²) in [5.74, 6) is -1.96. The van der Waals surface area contributed by atoms with Gasteiger partial charge in [-0.25, -0.2) is 4.79 Å². The van der Waals surface area contributed by atoms with Crippen molar-refractivity contribution in [3.63, 3.8) is 0 Å². The van der Waals surface area contributed by atoms with Gasteiger partial charge in [-0.3, -0.25) is 10.1 Å². The van der Waals surface area contributed by atoms with Gasteiger partial charge in [0.1, 0.15) is 18.0 Å². The number of hydrogen-bond donors (Lipinski definition) is 5. The molecule has 0 spiro atoms. The van der Waals surface area contributed by atoms with Crippen LogP contribution in [-0.4, -0.2) is 76.2 Å². The number of esters is 1. The fraction of sp³-hybridized carbons (Fsp3) is 0.590. The Balaban J connectivity index is 1.95. The Morgan fingerprint density at radius 1 is 0.959 bits per heavy atom. The first-order chi connectivity index (χ1) is 23.1. The average molecular weight is 686 g/mol. The molecular formula is C39H59NO9. The molecule has 0 aromatic heterocycles. The molecule has 1 aliphatic rings. The van der Waals surface area contributed by atoms with Gasteiger partial charge in [0, 0.05) is 41.7 Å². The summed E-state index contributed by atoms with van der Waals surface area (Å²) in [7, 11) is 1.57. The van der Waals surface area contributed by atoms with E-state index in [0.717, 1.165) is 0 Å². The first-order valence-corrected chi connectivity index (χ1v) is 17.3. The molecule has 13 atom stereocenters. The molecule has 0 unspecified atom stereocenters. The average Bonchev–Trinajstić information content (AvgIpc) is 3.08. The minimum atomic E-state index is -0.901. The summed E-state index contributed by atoms with van der Waals surface area (Å²) in [6.45, 7) is 16.6. The Morgan fingerprint density at radius 2 is 1.59 bits per heavy atom. The zero-order valence-corrected chi connectivity index (χ0v) is 30.3. The second kappa shape index (κ2) is 20.3. The van der Waals surface area contributed by atoms with E-state index in [9.17, 15) is 30.0 Å². The lowest BCUT2D eigenvalue weighted by Crippen LogP contribution is -2.47. The van der Waals surface area contributed by atoms with E-state index in [1.807, 2.05) is 52.8 Å². The number of carbonyl (C=O) groups excluding carboxylic acids is 2. The van der Waals surface area contributed by atoms with E-state index in [4.69, 9.17) is 14.2 Å². The van der Waals surface area contributed by atoms with E-state index in [-0.39, 0.29) is 36.0 Å². The largest absolute Gasteiger partial charge is 0.497 e. The molecule has 49 heavy (non-hydrogen) atoms. The molecule has 0 aliphatic carbocycles. The highest BCUT2D eigenvalue weighted by atomic mass is 16.6. The molecule has 10 nitrogen and oxygen atoms in total. The number of cyclic esters (lactones) is 1. The maximum Gasteiger partial charge on any atom is 0.411 e. The molecule has 2 rings (SSSR count). The number of rotatable bonds is 18. The van der Waals surface area contributed by atoms with Crippen molar-refractivity contribution in [1.82, 2.24) is 0 Å². The van der Waals surface area contributed by atoms with Crippen molar-refractivity contribution in [1.29, 1.82) is 0 Å². The van der Waals surface area contributed by atoms with Crippen molar-refractivity contribution >= 4 is 17.7 Å². The normalized spacial score (nSPS) is 25.5. The number of benzene rings is 1. The number of nitrogens with one attached hydrogen (secondary N) is 1. The smallest absolute Gasteiger partial charge is 0.411 e. The summed E-state index contributed by atoms with van der Waals surface area (Å²) < 4.78 is 16.5. The molecule has 0 radical (unpaired) electrons. The van der Waals surface area contributed by atoms with Gasteiger partial charge in [-0.05, 0) is 43.5 Å². The van der Waals surface area contributed by atoms with Crippen molar-refractivity contribution in [2.24, 2.45) is 41.4 Å². The van der Waals surface area contributed by atoms with Crippen LogP contribution in [0.4, 0.5) is 10.5 Å². The van der Waals surface area contributed by atoms with Gasteiger partial charge in [-0.2, -0.15) is 0 Å². The molecule has 1 heterocycles. The van der Waals surface area contributed by atoms with E-state index in [1.54, 1.807) is 69.5 Å². The van der Waals surface area contributed by atoms with Crippen LogP contribution in [0, 0.1) is 41.4 Å². The lowest BCUT2D eigenvalue weighted by atomic mass is 9.82. The van der Waals surface area contributed by atoms with Crippen molar-refractivity contribution in [2.45, 2.75) is 97.9 Å². The molecule has 1 aliphatic heterocycles. The molecule has 1 aromatic rings. The third-order valence-electron chi connectivity index (χ3n) is 9.70. The summed E-state index contributed by atoms with van der Waals surface area (Å²) in [6.07, 6.45) is 8.14. The first-order valence-electron chi connectivity index (χ1n) is 17.3. The van der Waals surface area contributed by atoms with Gasteiger partial charge in [0.15, 0.2) is 0 Å². The highest BCUT2D eigenvalue weighted by Gasteiger charge is 2.41. The molecule has 5 N–H and O–H groups in total. The van der Waals surface area contributed by atoms with E-state index < -0.39 is 60.5 Å². The zero-order valence-electron chi connectivity index (χ0n) is 30.3. The van der Waals surface area contributed by atoms with Crippen molar-refractivity contribution in [3.8, 4) is 5.75 Å². The minimum absolute atomic E-state index is 0.159. The maximum absolute atomic E-state index is 12.9. The van der Waals surface area contributed by atoms with Gasteiger partial charge >= 0.3 is 12.1 Å². The Labute approximate surface area is 292 Å². The van der Waals surface area contributed by atoms with E-state index in [1.165, 1.54) is 0 Å². The lowest BCUT2D eigenvalue weighted by molar-refractivity contribution is -0.179. The monoisotopic (exact) mass is 685 g/mol. The predicted octanol–water partition coefficient (Wildman–Crippen LogP) is 6.07. The maximum atomic E-state index is 12.9. The van der Waals surface area contributed by atoms with Crippen molar-refractivity contribution in [2.75, 3.05) is 12.4 Å². The van der Waals surface area contributed by atoms with Gasteiger partial charge in [-0.1, -0.05) is 90.7 Å². The van der Waals surface area contributed by atoms with Gasteiger partial charge < -0.3 is 34.6 Å². The highest BCUT2D eigenvalue weighted by Crippen LogP contribution is 2.30. The van der Waals surface area contributed by atoms with Gasteiger partial charge in [0.2, 0.25) is 0 Å². The Bertz CT molecular complexity index is 1260. The number of carbonyl (C=O) groups is 2. The zero-order chi connectivity index (χ0) is 36.8. The lowest BCUT2D eigenvalue weighted by Gasteiger charge is -2.36. The number of aliphatic hydroxyl groups is 4. The SMILES string of the molecule is C=C/C=C\[C@H](C)[C@H](OC(=O)Nc1ccc(OC)cc1)[C@@H](C)[C@H](O)[C@@H](C)C/C=C\[C@H](C)[C@H](O)[C@@H](C)/C=C\[C@@H](O)C[C@@H]1OC(=O)[C@H](C)[C@@H](O)[C@H]1C.